The summed E-state index contributed by atoms with van der Waals surface area (Å²) in [5.41, 5.74) is 52.5. The van der Waals surface area contributed by atoms with Gasteiger partial charge in [0.1, 0.15) is 0 Å². The lowest BCUT2D eigenvalue weighted by Gasteiger charge is -2.31. The summed E-state index contributed by atoms with van der Waals surface area (Å²) >= 11 is 0. The monoisotopic (exact) mass is 1540 g/mol. The molecular weight excluding hydrogens is 1460 g/mol. The molecular formula is C120H81N. The highest BCUT2D eigenvalue weighted by atomic mass is 15.0. The van der Waals surface area contributed by atoms with E-state index in [1.54, 1.807) is 0 Å². The summed E-state index contributed by atoms with van der Waals surface area (Å²) in [6.07, 6.45) is 7.05. The van der Waals surface area contributed by atoms with Crippen LogP contribution in [-0.4, -0.2) is 4.57 Å². The minimum Gasteiger partial charge on any atom is -0.339 e. The van der Waals surface area contributed by atoms with Crippen molar-refractivity contribution in [3.05, 3.63) is 477 Å². The van der Waals surface area contributed by atoms with Crippen molar-refractivity contribution in [1.82, 2.24) is 4.57 Å². The highest BCUT2D eigenvalue weighted by Crippen LogP contribution is 2.69. The summed E-state index contributed by atoms with van der Waals surface area (Å²) in [6, 6.07) is 153. The topological polar surface area (TPSA) is 4.93 Å². The third-order valence-corrected chi connectivity index (χ3v) is 30.1. The highest BCUT2D eigenvalue weighted by Gasteiger charge is 2.56. The molecule has 0 fully saturated rings. The minimum absolute atomic E-state index is 0.535. The summed E-state index contributed by atoms with van der Waals surface area (Å²) < 4.78 is 2.86. The van der Waals surface area contributed by atoms with E-state index in [2.05, 4.69) is 400 Å². The average molecular weight is 1540 g/mol. The minimum atomic E-state index is -0.556. The number of rotatable bonds is 11. The zero-order chi connectivity index (χ0) is 79.2. The van der Waals surface area contributed by atoms with Gasteiger partial charge in [-0.3, -0.25) is 0 Å². The molecule has 1 heteroatoms. The van der Waals surface area contributed by atoms with E-state index in [1.807, 2.05) is 0 Å². The van der Waals surface area contributed by atoms with Crippen molar-refractivity contribution in [2.75, 3.05) is 0 Å². The predicted molar refractivity (Wildman–Crippen MR) is 500 cm³/mol. The summed E-state index contributed by atoms with van der Waals surface area (Å²) in [4.78, 5) is 0. The van der Waals surface area contributed by atoms with E-state index >= 15 is 0 Å². The SMILES string of the molecule is CCCCCCCCn1c2c(-c3ccc4c(c3)C3(c5ccccc5-c5ccccc53)c3ccccc3-4)cc(-c3ccc4c(c3)C3(c5ccccc5-c5ccccc53)c3ccccc3-4)cc2c2cc(-c3ccc4c(c3)C3(c5ccccc5-c5ccccc53)c3ccccc3-4)cc(-c3ccc4c(c3)C3(c5ccccc5-c5ccccc53)c3ccccc3-4)c21. The molecule has 0 aliphatic heterocycles. The Kier molecular flexibility index (Phi) is 14.0. The fourth-order valence-electron chi connectivity index (χ4n) is 25.5. The Labute approximate surface area is 705 Å². The number of aryl methyl sites for hydroxylation is 1. The smallest absolute Gasteiger partial charge is 0.0725 e. The molecule has 0 radical (unpaired) electrons. The molecule has 566 valence electrons. The van der Waals surface area contributed by atoms with E-state index in [0.29, 0.717) is 0 Å². The van der Waals surface area contributed by atoms with Crippen LogP contribution in [0, 0.1) is 0 Å². The number of hydrogen-bond donors (Lipinski definition) is 0. The summed E-state index contributed by atoms with van der Waals surface area (Å²) in [6.45, 7) is 3.18. The molecule has 0 unspecified atom stereocenters. The maximum Gasteiger partial charge on any atom is 0.0725 e. The van der Waals surface area contributed by atoms with Gasteiger partial charge >= 0.3 is 0 Å². The Hall–Kier alpha value is -14.2. The van der Waals surface area contributed by atoms with E-state index in [1.165, 1.54) is 270 Å². The molecule has 8 aliphatic carbocycles. The highest BCUT2D eigenvalue weighted by molar-refractivity contribution is 6.19. The number of benzene rings is 18. The zero-order valence-electron chi connectivity index (χ0n) is 67.3. The standard InChI is InChI=1S/C120H81N/c1-2-3-4-5-6-31-64-121-115-95(75-58-62-93-89-42-17-29-54-109(89)119(113(93)71-75)103-48-23-11-36-83(103)84-37-12-24-49-104(84)119)65-77(73-56-60-91-87-40-15-27-52-107(87)117(111(91)69-73)99-44-19-7-32-79(99)80-33-8-20-45-100(80)117)67-97(115)98-68-78(74-57-61-92-88-41-16-28-53-108(88)118(112(92)70-74)101-46-21-9-34-81(101)82-35-10-22-47-102(82)118)66-96(116(98)121)76-59-63-94-90-43-18-30-55-110(90)120(114(94)72-76)105-50-25-13-38-85(105)86-39-14-26-51-106(86)120/h7-30,32-63,65-72H,2-6,31,64H2,1H3. The summed E-state index contributed by atoms with van der Waals surface area (Å²) in [5, 5.41) is 2.52. The van der Waals surface area contributed by atoms with Crippen LogP contribution < -0.4 is 0 Å². The van der Waals surface area contributed by atoms with Gasteiger partial charge in [0.05, 0.1) is 32.7 Å². The van der Waals surface area contributed by atoms with Crippen molar-refractivity contribution in [3.8, 4) is 134 Å². The normalized spacial score (nSPS) is 14.8. The van der Waals surface area contributed by atoms with Gasteiger partial charge in [0.2, 0.25) is 0 Å². The van der Waals surface area contributed by atoms with Gasteiger partial charge in [0.25, 0.3) is 0 Å². The fraction of sp³-hybridized carbons (Fsp3) is 0.100. The predicted octanol–water partition coefficient (Wildman–Crippen LogP) is 30.2. The zero-order valence-corrected chi connectivity index (χ0v) is 67.3. The van der Waals surface area contributed by atoms with Gasteiger partial charge in [-0.1, -0.05) is 379 Å². The Morgan fingerprint density at radius 2 is 0.364 bits per heavy atom. The van der Waals surface area contributed by atoms with Crippen LogP contribution >= 0.6 is 0 Å². The number of fused-ring (bicyclic) bond motifs is 43. The molecule has 1 heterocycles. The fourth-order valence-corrected chi connectivity index (χ4v) is 25.5. The van der Waals surface area contributed by atoms with Crippen LogP contribution in [0.1, 0.15) is 134 Å². The second-order valence-corrected chi connectivity index (χ2v) is 35.3. The second kappa shape index (κ2) is 24.9. The number of nitrogens with zero attached hydrogens (tertiary/aromatic N) is 1. The molecule has 4 spiro atoms. The molecule has 18 aromatic carbocycles. The molecule has 0 bridgehead atoms. The third-order valence-electron chi connectivity index (χ3n) is 30.1. The largest absolute Gasteiger partial charge is 0.339 e. The Morgan fingerprint density at radius 1 is 0.165 bits per heavy atom. The lowest BCUT2D eigenvalue weighted by atomic mass is 9.70. The van der Waals surface area contributed by atoms with Crippen molar-refractivity contribution in [1.29, 1.82) is 0 Å². The second-order valence-electron chi connectivity index (χ2n) is 35.3. The lowest BCUT2D eigenvalue weighted by Crippen LogP contribution is -2.25. The van der Waals surface area contributed by atoms with Crippen LogP contribution in [0.3, 0.4) is 0 Å². The van der Waals surface area contributed by atoms with Gasteiger partial charge in [-0.15, -0.1) is 0 Å². The van der Waals surface area contributed by atoms with Gasteiger partial charge in [-0.2, -0.15) is 0 Å². The van der Waals surface area contributed by atoms with Crippen LogP contribution in [0.5, 0.6) is 0 Å². The maximum absolute atomic E-state index is 2.86. The first-order valence-corrected chi connectivity index (χ1v) is 43.9. The molecule has 19 aromatic rings. The van der Waals surface area contributed by atoms with Crippen molar-refractivity contribution in [2.45, 2.75) is 73.7 Å². The molecule has 121 heavy (non-hydrogen) atoms. The summed E-state index contributed by atoms with van der Waals surface area (Å²) in [7, 11) is 0. The molecule has 0 amide bonds. The quantitative estimate of drug-likeness (QED) is 0.114. The Morgan fingerprint density at radius 3 is 0.603 bits per heavy atom. The Balaban J connectivity index is 0.780. The van der Waals surface area contributed by atoms with Crippen molar-refractivity contribution < 1.29 is 0 Å². The molecule has 8 aliphatic rings. The van der Waals surface area contributed by atoms with Gasteiger partial charge < -0.3 is 4.57 Å². The number of unbranched alkanes of at least 4 members (excludes halogenated alkanes) is 5. The maximum atomic E-state index is 2.86. The van der Waals surface area contributed by atoms with E-state index in [4.69, 9.17) is 0 Å². The van der Waals surface area contributed by atoms with Crippen molar-refractivity contribution in [2.24, 2.45) is 0 Å². The number of hydrogen-bond acceptors (Lipinski definition) is 0. The van der Waals surface area contributed by atoms with Crippen molar-refractivity contribution >= 4 is 21.8 Å². The third kappa shape index (κ3) is 8.51. The van der Waals surface area contributed by atoms with Gasteiger partial charge in [-0.05, 0) is 266 Å². The van der Waals surface area contributed by atoms with Gasteiger partial charge in [-0.25, -0.2) is 0 Å². The van der Waals surface area contributed by atoms with Gasteiger partial charge in [0, 0.05) is 28.4 Å². The van der Waals surface area contributed by atoms with E-state index in [9.17, 15) is 0 Å². The first kappa shape index (κ1) is 67.8. The molecule has 0 atom stereocenters. The van der Waals surface area contributed by atoms with Gasteiger partial charge in [0.15, 0.2) is 0 Å². The molecule has 1 nitrogen and oxygen atoms in total. The van der Waals surface area contributed by atoms with Crippen LogP contribution in [0.4, 0.5) is 0 Å². The molecule has 0 saturated carbocycles. The van der Waals surface area contributed by atoms with Crippen LogP contribution in [-0.2, 0) is 28.2 Å². The molecule has 0 N–H and O–H groups in total. The average Bonchev–Trinajstić information content (AvgIpc) is 1.53. The van der Waals surface area contributed by atoms with E-state index < -0.39 is 21.7 Å². The van der Waals surface area contributed by atoms with Crippen LogP contribution in [0.25, 0.3) is 155 Å². The van der Waals surface area contributed by atoms with E-state index in [-0.39, 0.29) is 0 Å². The molecule has 27 rings (SSSR count). The number of aromatic nitrogens is 1. The first-order valence-electron chi connectivity index (χ1n) is 43.9. The van der Waals surface area contributed by atoms with Crippen LogP contribution in [0.2, 0.25) is 0 Å². The first-order chi connectivity index (χ1) is 60.0. The van der Waals surface area contributed by atoms with Crippen molar-refractivity contribution in [3.63, 3.8) is 0 Å². The van der Waals surface area contributed by atoms with Crippen LogP contribution in [0.15, 0.2) is 388 Å². The van der Waals surface area contributed by atoms with E-state index in [0.717, 1.165) is 19.4 Å². The molecule has 0 saturated heterocycles. The molecule has 1 aromatic heterocycles. The lowest BCUT2D eigenvalue weighted by molar-refractivity contribution is 0.571. The Bertz CT molecular complexity index is 7090. The summed E-state index contributed by atoms with van der Waals surface area (Å²) in [5.74, 6) is 0.